The lowest BCUT2D eigenvalue weighted by Crippen LogP contribution is -2.41. The van der Waals surface area contributed by atoms with E-state index in [2.05, 4.69) is 0 Å². The number of halogens is 1. The van der Waals surface area contributed by atoms with E-state index in [1.165, 1.54) is 4.90 Å². The summed E-state index contributed by atoms with van der Waals surface area (Å²) in [6, 6.07) is 6.79. The fourth-order valence-corrected chi connectivity index (χ4v) is 1.86. The summed E-state index contributed by atoms with van der Waals surface area (Å²) in [5.41, 5.74) is 0. The number of hydrogen-bond donors (Lipinski definition) is 1. The van der Waals surface area contributed by atoms with Crippen LogP contribution >= 0.6 is 11.6 Å². The first kappa shape index (κ1) is 16.3. The van der Waals surface area contributed by atoms with Crippen molar-refractivity contribution in [1.82, 2.24) is 4.90 Å². The highest BCUT2D eigenvalue weighted by Gasteiger charge is 2.18. The summed E-state index contributed by atoms with van der Waals surface area (Å²) in [5, 5.41) is 9.12. The Morgan fingerprint density at radius 2 is 2.00 bits per heavy atom. The molecule has 1 aromatic rings. The van der Waals surface area contributed by atoms with E-state index in [-0.39, 0.29) is 31.5 Å². The lowest BCUT2D eigenvalue weighted by atomic mass is 10.2. The van der Waals surface area contributed by atoms with Gasteiger partial charge in [-0.3, -0.25) is 9.59 Å². The summed E-state index contributed by atoms with van der Waals surface area (Å²) in [7, 11) is 0. The van der Waals surface area contributed by atoms with E-state index in [0.717, 1.165) is 0 Å². The Morgan fingerprint density at radius 1 is 1.35 bits per heavy atom. The Morgan fingerprint density at radius 3 is 2.55 bits per heavy atom. The molecule has 0 aliphatic heterocycles. The molecule has 0 saturated heterocycles. The number of para-hydroxylation sites is 1. The lowest BCUT2D eigenvalue weighted by Gasteiger charge is -2.26. The van der Waals surface area contributed by atoms with Gasteiger partial charge in [-0.25, -0.2) is 0 Å². The van der Waals surface area contributed by atoms with Crippen LogP contribution in [0.3, 0.4) is 0 Å². The standard InChI is InChI=1S/C14H18ClNO4/c1-10(2)16(8-7-14(18)19)13(17)9-20-12-6-4-3-5-11(12)15/h3-6,10H,7-9H2,1-2H3,(H,18,19). The highest BCUT2D eigenvalue weighted by Crippen LogP contribution is 2.23. The van der Waals surface area contributed by atoms with Crippen molar-refractivity contribution in [2.75, 3.05) is 13.2 Å². The minimum atomic E-state index is -0.935. The molecule has 20 heavy (non-hydrogen) atoms. The Bertz CT molecular complexity index is 476. The Hall–Kier alpha value is -1.75. The second-order valence-electron chi connectivity index (χ2n) is 4.54. The zero-order valence-corrected chi connectivity index (χ0v) is 12.3. The first-order valence-corrected chi connectivity index (χ1v) is 6.68. The zero-order chi connectivity index (χ0) is 15.1. The van der Waals surface area contributed by atoms with Crippen LogP contribution in [0.1, 0.15) is 20.3 Å². The van der Waals surface area contributed by atoms with Gasteiger partial charge in [-0.15, -0.1) is 0 Å². The van der Waals surface area contributed by atoms with Crippen LogP contribution < -0.4 is 4.74 Å². The van der Waals surface area contributed by atoms with Gasteiger partial charge in [-0.1, -0.05) is 23.7 Å². The average Bonchev–Trinajstić information content (AvgIpc) is 2.37. The summed E-state index contributed by atoms with van der Waals surface area (Å²) >= 11 is 5.92. The largest absolute Gasteiger partial charge is 0.482 e. The van der Waals surface area contributed by atoms with E-state index in [4.69, 9.17) is 21.4 Å². The number of aliphatic carboxylic acids is 1. The average molecular weight is 300 g/mol. The minimum Gasteiger partial charge on any atom is -0.482 e. The van der Waals surface area contributed by atoms with Gasteiger partial charge < -0.3 is 14.7 Å². The van der Waals surface area contributed by atoms with Crippen LogP contribution in [0, 0.1) is 0 Å². The molecule has 5 nitrogen and oxygen atoms in total. The number of benzene rings is 1. The van der Waals surface area contributed by atoms with Crippen LogP contribution in [0.25, 0.3) is 0 Å². The van der Waals surface area contributed by atoms with Crippen molar-refractivity contribution < 1.29 is 19.4 Å². The number of carboxylic acid groups (broad SMARTS) is 1. The quantitative estimate of drug-likeness (QED) is 0.839. The molecule has 0 aromatic heterocycles. The number of nitrogens with zero attached hydrogens (tertiary/aromatic N) is 1. The third-order valence-electron chi connectivity index (χ3n) is 2.70. The number of hydrogen-bond acceptors (Lipinski definition) is 3. The number of rotatable bonds is 7. The van der Waals surface area contributed by atoms with Crippen molar-refractivity contribution >= 4 is 23.5 Å². The monoisotopic (exact) mass is 299 g/mol. The SMILES string of the molecule is CC(C)N(CCC(=O)O)C(=O)COc1ccccc1Cl. The topological polar surface area (TPSA) is 66.8 Å². The van der Waals surface area contributed by atoms with E-state index in [9.17, 15) is 9.59 Å². The molecule has 0 atom stereocenters. The summed E-state index contributed by atoms with van der Waals surface area (Å²) in [6.07, 6.45) is -0.0873. The molecule has 1 aromatic carbocycles. The summed E-state index contributed by atoms with van der Waals surface area (Å²) in [4.78, 5) is 24.1. The molecule has 0 fully saturated rings. The number of carbonyl (C=O) groups is 2. The predicted molar refractivity (Wildman–Crippen MR) is 76.0 cm³/mol. The molecule has 110 valence electrons. The predicted octanol–water partition coefficient (Wildman–Crippen LogP) is 2.43. The van der Waals surface area contributed by atoms with Gasteiger partial charge in [0.15, 0.2) is 6.61 Å². The van der Waals surface area contributed by atoms with E-state index in [1.807, 2.05) is 13.8 Å². The molecule has 0 bridgehead atoms. The fraction of sp³-hybridized carbons (Fsp3) is 0.429. The van der Waals surface area contributed by atoms with E-state index >= 15 is 0 Å². The Labute approximate surface area is 123 Å². The third kappa shape index (κ3) is 5.09. The van der Waals surface area contributed by atoms with Gasteiger partial charge >= 0.3 is 5.97 Å². The maximum atomic E-state index is 12.0. The molecule has 1 N–H and O–H groups in total. The molecule has 0 radical (unpaired) electrons. The molecular formula is C14H18ClNO4. The first-order valence-electron chi connectivity index (χ1n) is 6.30. The van der Waals surface area contributed by atoms with E-state index in [1.54, 1.807) is 24.3 Å². The maximum absolute atomic E-state index is 12.0. The third-order valence-corrected chi connectivity index (χ3v) is 3.01. The second kappa shape index (κ2) is 7.75. The van der Waals surface area contributed by atoms with Crippen LogP contribution in [0.15, 0.2) is 24.3 Å². The van der Waals surface area contributed by atoms with Crippen LogP contribution in [-0.4, -0.2) is 41.1 Å². The van der Waals surface area contributed by atoms with Crippen molar-refractivity contribution in [3.05, 3.63) is 29.3 Å². The fourth-order valence-electron chi connectivity index (χ4n) is 1.67. The molecule has 6 heteroatoms. The van der Waals surface area contributed by atoms with Crippen LogP contribution in [0.2, 0.25) is 5.02 Å². The van der Waals surface area contributed by atoms with Crippen molar-refractivity contribution in [3.8, 4) is 5.75 Å². The normalized spacial score (nSPS) is 10.4. The summed E-state index contributed by atoms with van der Waals surface area (Å²) < 4.78 is 5.37. The molecule has 0 saturated carbocycles. The van der Waals surface area contributed by atoms with E-state index < -0.39 is 5.97 Å². The summed E-state index contributed by atoms with van der Waals surface area (Å²) in [6.45, 7) is 3.66. The van der Waals surface area contributed by atoms with Gasteiger partial charge in [0.25, 0.3) is 5.91 Å². The Kier molecular flexibility index (Phi) is 6.31. The van der Waals surface area contributed by atoms with Gasteiger partial charge in [0, 0.05) is 12.6 Å². The molecule has 0 aliphatic carbocycles. The molecule has 0 heterocycles. The van der Waals surface area contributed by atoms with Crippen molar-refractivity contribution in [3.63, 3.8) is 0 Å². The van der Waals surface area contributed by atoms with Gasteiger partial charge in [0.05, 0.1) is 11.4 Å². The smallest absolute Gasteiger partial charge is 0.305 e. The molecular weight excluding hydrogens is 282 g/mol. The van der Waals surface area contributed by atoms with Gasteiger partial charge in [-0.05, 0) is 26.0 Å². The number of ether oxygens (including phenoxy) is 1. The number of carbonyl (C=O) groups excluding carboxylic acids is 1. The molecule has 1 rings (SSSR count). The number of amides is 1. The van der Waals surface area contributed by atoms with Crippen molar-refractivity contribution in [2.24, 2.45) is 0 Å². The molecule has 0 spiro atoms. The summed E-state index contributed by atoms with van der Waals surface area (Å²) in [5.74, 6) is -0.763. The molecule has 0 unspecified atom stereocenters. The first-order chi connectivity index (χ1) is 9.41. The van der Waals surface area contributed by atoms with Gasteiger partial charge in [0.1, 0.15) is 5.75 Å². The lowest BCUT2D eigenvalue weighted by molar-refractivity contribution is -0.139. The van der Waals surface area contributed by atoms with Crippen molar-refractivity contribution in [1.29, 1.82) is 0 Å². The van der Waals surface area contributed by atoms with Crippen molar-refractivity contribution in [2.45, 2.75) is 26.3 Å². The van der Waals surface area contributed by atoms with Crippen LogP contribution in [0.4, 0.5) is 0 Å². The van der Waals surface area contributed by atoms with Crippen LogP contribution in [0.5, 0.6) is 5.75 Å². The zero-order valence-electron chi connectivity index (χ0n) is 11.5. The second-order valence-corrected chi connectivity index (χ2v) is 4.95. The van der Waals surface area contributed by atoms with Crippen LogP contribution in [-0.2, 0) is 9.59 Å². The maximum Gasteiger partial charge on any atom is 0.305 e. The highest BCUT2D eigenvalue weighted by atomic mass is 35.5. The highest BCUT2D eigenvalue weighted by molar-refractivity contribution is 6.32. The number of carboxylic acids is 1. The minimum absolute atomic E-state index is 0.0864. The van der Waals surface area contributed by atoms with Gasteiger partial charge in [-0.2, -0.15) is 0 Å². The Balaban J connectivity index is 2.58. The molecule has 1 amide bonds. The van der Waals surface area contributed by atoms with E-state index in [0.29, 0.717) is 10.8 Å². The molecule has 0 aliphatic rings. The van der Waals surface area contributed by atoms with Gasteiger partial charge in [0.2, 0.25) is 0 Å².